The molecule has 0 bridgehead atoms. The Morgan fingerprint density at radius 2 is 1.48 bits per heavy atom. The molecule has 2 heterocycles. The fourth-order valence-corrected chi connectivity index (χ4v) is 4.33. The molecule has 0 aromatic heterocycles. The average molecular weight is 307 g/mol. The number of hydrogen-bond donors (Lipinski definition) is 0. The molecule has 1 atom stereocenters. The molecule has 3 nitrogen and oxygen atoms in total. The number of fused-ring (bicyclic) bond motifs is 1. The van der Waals surface area contributed by atoms with Crippen LogP contribution in [0.2, 0.25) is 0 Å². The monoisotopic (exact) mass is 307 g/mol. The molecule has 23 heavy (non-hydrogen) atoms. The number of carbonyl (C=O) groups excluding carboxylic acids is 1. The second-order valence-electron chi connectivity index (χ2n) is 6.66. The second-order valence-corrected chi connectivity index (χ2v) is 6.66. The fourth-order valence-electron chi connectivity index (χ4n) is 4.33. The van der Waals surface area contributed by atoms with Crippen LogP contribution in [-0.2, 0) is 10.3 Å². The van der Waals surface area contributed by atoms with Crippen LogP contribution in [0.3, 0.4) is 0 Å². The van der Waals surface area contributed by atoms with Crippen molar-refractivity contribution in [2.24, 2.45) is 0 Å². The predicted octanol–water partition coefficient (Wildman–Crippen LogP) is 4.33. The quantitative estimate of drug-likeness (QED) is 0.826. The SMILES string of the molecule is CC12CCCCN1C(=O)OC2(c1ccccc1)c1ccccc1. The molecule has 118 valence electrons. The first-order chi connectivity index (χ1) is 11.2. The maximum atomic E-state index is 12.7. The molecule has 2 fully saturated rings. The highest BCUT2D eigenvalue weighted by atomic mass is 16.6. The van der Waals surface area contributed by atoms with Crippen molar-refractivity contribution in [2.45, 2.75) is 37.3 Å². The van der Waals surface area contributed by atoms with Crippen molar-refractivity contribution in [1.82, 2.24) is 4.90 Å². The normalized spacial score (nSPS) is 25.8. The molecule has 0 saturated carbocycles. The van der Waals surface area contributed by atoms with E-state index in [1.165, 1.54) is 0 Å². The van der Waals surface area contributed by atoms with E-state index in [2.05, 4.69) is 31.2 Å². The summed E-state index contributed by atoms with van der Waals surface area (Å²) >= 11 is 0. The maximum Gasteiger partial charge on any atom is 0.411 e. The molecule has 1 unspecified atom stereocenters. The molecule has 0 N–H and O–H groups in total. The summed E-state index contributed by atoms with van der Waals surface area (Å²) in [5.41, 5.74) is 0.996. The Morgan fingerprint density at radius 3 is 2.04 bits per heavy atom. The number of ether oxygens (including phenoxy) is 1. The second kappa shape index (κ2) is 5.12. The van der Waals surface area contributed by atoms with Crippen molar-refractivity contribution < 1.29 is 9.53 Å². The minimum absolute atomic E-state index is 0.195. The average Bonchev–Trinajstić information content (AvgIpc) is 2.85. The maximum absolute atomic E-state index is 12.7. The summed E-state index contributed by atoms with van der Waals surface area (Å²) in [7, 11) is 0. The van der Waals surface area contributed by atoms with Gasteiger partial charge < -0.3 is 4.74 Å². The summed E-state index contributed by atoms with van der Waals surface area (Å²) in [5, 5.41) is 0. The van der Waals surface area contributed by atoms with E-state index < -0.39 is 5.60 Å². The van der Waals surface area contributed by atoms with Gasteiger partial charge in [-0.25, -0.2) is 4.79 Å². The lowest BCUT2D eigenvalue weighted by atomic mass is 9.68. The third-order valence-corrected chi connectivity index (χ3v) is 5.47. The van der Waals surface area contributed by atoms with Gasteiger partial charge in [0.15, 0.2) is 5.60 Å². The molecule has 2 aliphatic rings. The number of nitrogens with zero attached hydrogens (tertiary/aromatic N) is 1. The Hall–Kier alpha value is -2.29. The molecule has 1 amide bonds. The molecule has 0 radical (unpaired) electrons. The third kappa shape index (κ3) is 1.86. The molecular weight excluding hydrogens is 286 g/mol. The zero-order valence-corrected chi connectivity index (χ0v) is 13.4. The first kappa shape index (κ1) is 14.3. The van der Waals surface area contributed by atoms with E-state index in [-0.39, 0.29) is 11.6 Å². The van der Waals surface area contributed by atoms with Crippen LogP contribution in [-0.4, -0.2) is 23.1 Å². The fraction of sp³-hybridized carbons (Fsp3) is 0.350. The van der Waals surface area contributed by atoms with Crippen molar-refractivity contribution in [2.75, 3.05) is 6.54 Å². The molecule has 2 saturated heterocycles. The summed E-state index contributed by atoms with van der Waals surface area (Å²) in [6.07, 6.45) is 2.91. The van der Waals surface area contributed by atoms with Crippen LogP contribution in [0.5, 0.6) is 0 Å². The van der Waals surface area contributed by atoms with Gasteiger partial charge in [-0.1, -0.05) is 60.7 Å². The lowest BCUT2D eigenvalue weighted by molar-refractivity contribution is 0.00875. The molecule has 0 spiro atoms. The number of piperidine rings is 1. The van der Waals surface area contributed by atoms with Gasteiger partial charge in [-0.15, -0.1) is 0 Å². The van der Waals surface area contributed by atoms with Gasteiger partial charge in [0.25, 0.3) is 0 Å². The van der Waals surface area contributed by atoms with Gasteiger partial charge in [0.1, 0.15) is 0 Å². The van der Waals surface area contributed by atoms with Crippen LogP contribution in [0.4, 0.5) is 4.79 Å². The largest absolute Gasteiger partial charge is 0.430 e. The van der Waals surface area contributed by atoms with Crippen molar-refractivity contribution in [3.63, 3.8) is 0 Å². The highest BCUT2D eigenvalue weighted by Crippen LogP contribution is 2.54. The molecular formula is C20H21NO2. The van der Waals surface area contributed by atoms with E-state index in [1.54, 1.807) is 0 Å². The highest BCUT2D eigenvalue weighted by Gasteiger charge is 2.64. The lowest BCUT2D eigenvalue weighted by Crippen LogP contribution is -2.57. The first-order valence-corrected chi connectivity index (χ1v) is 8.30. The predicted molar refractivity (Wildman–Crippen MR) is 89.1 cm³/mol. The zero-order valence-electron chi connectivity index (χ0n) is 13.4. The number of benzene rings is 2. The molecule has 2 aromatic carbocycles. The van der Waals surface area contributed by atoms with Gasteiger partial charge in [-0.05, 0) is 26.2 Å². The van der Waals surface area contributed by atoms with Crippen LogP contribution in [0.25, 0.3) is 0 Å². The summed E-state index contributed by atoms with van der Waals surface area (Å²) in [4.78, 5) is 14.6. The Balaban J connectivity index is 1.99. The minimum atomic E-state index is -0.743. The van der Waals surface area contributed by atoms with Crippen molar-refractivity contribution in [3.8, 4) is 0 Å². The van der Waals surface area contributed by atoms with Crippen LogP contribution >= 0.6 is 0 Å². The van der Waals surface area contributed by atoms with Gasteiger partial charge >= 0.3 is 6.09 Å². The van der Waals surface area contributed by atoms with Gasteiger partial charge in [0.05, 0.1) is 5.54 Å². The van der Waals surface area contributed by atoms with Crippen LogP contribution in [0.15, 0.2) is 60.7 Å². The van der Waals surface area contributed by atoms with Crippen LogP contribution in [0, 0.1) is 0 Å². The number of amides is 1. The zero-order chi connectivity index (χ0) is 15.9. The molecule has 2 aliphatic heterocycles. The number of cyclic esters (lactones) is 1. The number of rotatable bonds is 2. The van der Waals surface area contributed by atoms with Gasteiger partial charge in [0, 0.05) is 17.7 Å². The number of carbonyl (C=O) groups is 1. The van der Waals surface area contributed by atoms with E-state index >= 15 is 0 Å². The summed E-state index contributed by atoms with van der Waals surface area (Å²) < 4.78 is 6.16. The van der Waals surface area contributed by atoms with Gasteiger partial charge in [0.2, 0.25) is 0 Å². The van der Waals surface area contributed by atoms with Crippen molar-refractivity contribution in [3.05, 3.63) is 71.8 Å². The standard InChI is InChI=1S/C20H21NO2/c1-19-14-8-9-15-21(19)18(22)23-20(19,16-10-4-2-5-11-16)17-12-6-3-7-13-17/h2-7,10-13H,8-9,14-15H2,1H3. The smallest absolute Gasteiger partial charge is 0.411 e. The van der Waals surface area contributed by atoms with Gasteiger partial charge in [-0.3, -0.25) is 4.90 Å². The summed E-state index contributed by atoms with van der Waals surface area (Å²) in [6, 6.07) is 20.4. The third-order valence-electron chi connectivity index (χ3n) is 5.47. The molecule has 0 aliphatic carbocycles. The van der Waals surface area contributed by atoms with Gasteiger partial charge in [-0.2, -0.15) is 0 Å². The highest BCUT2D eigenvalue weighted by molar-refractivity contribution is 5.75. The minimum Gasteiger partial charge on any atom is -0.430 e. The first-order valence-electron chi connectivity index (χ1n) is 8.30. The van der Waals surface area contributed by atoms with E-state index in [0.29, 0.717) is 0 Å². The van der Waals surface area contributed by atoms with E-state index in [1.807, 2.05) is 41.3 Å². The van der Waals surface area contributed by atoms with Crippen LogP contribution in [0.1, 0.15) is 37.3 Å². The Morgan fingerprint density at radius 1 is 0.913 bits per heavy atom. The summed E-state index contributed by atoms with van der Waals surface area (Å²) in [6.45, 7) is 2.95. The van der Waals surface area contributed by atoms with Crippen molar-refractivity contribution >= 4 is 6.09 Å². The Bertz CT molecular complexity index is 673. The van der Waals surface area contributed by atoms with E-state index in [0.717, 1.165) is 36.9 Å². The van der Waals surface area contributed by atoms with E-state index in [9.17, 15) is 4.79 Å². The van der Waals surface area contributed by atoms with E-state index in [4.69, 9.17) is 4.74 Å². The summed E-state index contributed by atoms with van der Waals surface area (Å²) in [5.74, 6) is 0. The lowest BCUT2D eigenvalue weighted by Gasteiger charge is -2.47. The molecule has 4 rings (SSSR count). The topological polar surface area (TPSA) is 29.5 Å². The Kier molecular flexibility index (Phi) is 3.19. The van der Waals surface area contributed by atoms with Crippen molar-refractivity contribution in [1.29, 1.82) is 0 Å². The number of hydrogen-bond acceptors (Lipinski definition) is 2. The van der Waals surface area contributed by atoms with Crippen LogP contribution < -0.4 is 0 Å². The Labute approximate surface area is 136 Å². The molecule has 2 aromatic rings. The molecule has 3 heteroatoms.